The van der Waals surface area contributed by atoms with Gasteiger partial charge in [-0.2, -0.15) is 5.12 Å². The quantitative estimate of drug-likeness (QED) is 0.746. The third-order valence-corrected chi connectivity index (χ3v) is 3.81. The van der Waals surface area contributed by atoms with Gasteiger partial charge in [-0.25, -0.2) is 5.01 Å². The topological polar surface area (TPSA) is 44.9 Å². The number of nitrogens with two attached hydrogens (primary N) is 1. The lowest BCUT2D eigenvalue weighted by Crippen LogP contribution is -2.43. The maximum absolute atomic E-state index is 6.02. The molecule has 0 spiro atoms. The molecule has 0 bridgehead atoms. The van der Waals surface area contributed by atoms with Crippen molar-refractivity contribution in [3.05, 3.63) is 71.4 Å². The molecule has 21 heavy (non-hydrogen) atoms. The number of hydrazone groups is 1. The van der Waals surface area contributed by atoms with Gasteiger partial charge in [-0.1, -0.05) is 36.4 Å². The van der Waals surface area contributed by atoms with E-state index in [1.807, 2.05) is 65.7 Å². The van der Waals surface area contributed by atoms with E-state index in [2.05, 4.69) is 30.4 Å². The molecule has 6 heteroatoms. The van der Waals surface area contributed by atoms with Crippen molar-refractivity contribution in [2.45, 2.75) is 0 Å². The van der Waals surface area contributed by atoms with Crippen molar-refractivity contribution in [2.75, 3.05) is 10.1 Å². The van der Waals surface area contributed by atoms with E-state index in [0.29, 0.717) is 15.8 Å². The van der Waals surface area contributed by atoms with E-state index >= 15 is 0 Å². The van der Waals surface area contributed by atoms with Crippen molar-refractivity contribution in [1.82, 2.24) is 0 Å². The van der Waals surface area contributed by atoms with Gasteiger partial charge in [-0.15, -0.1) is 30.4 Å². The van der Waals surface area contributed by atoms with Gasteiger partial charge in [0.1, 0.15) is 10.1 Å². The zero-order valence-electron chi connectivity index (χ0n) is 11.1. The highest BCUT2D eigenvalue weighted by atomic mass is 32.1. The Kier molecular flexibility index (Phi) is 3.81. The molecule has 0 unspecified atom stereocenters. The van der Waals surface area contributed by atoms with E-state index < -0.39 is 0 Å². The SMILES string of the molecule is NC1=C(S)N(c2ccccc2)N(c2ccccc2)N=C1S. The molecule has 0 saturated heterocycles. The molecule has 0 fully saturated rings. The van der Waals surface area contributed by atoms with Crippen LogP contribution in [0.1, 0.15) is 0 Å². The zero-order valence-corrected chi connectivity index (χ0v) is 12.9. The molecule has 2 aromatic rings. The van der Waals surface area contributed by atoms with Gasteiger partial charge in [-0.05, 0) is 24.3 Å². The zero-order chi connectivity index (χ0) is 14.8. The number of hydrazine groups is 1. The van der Waals surface area contributed by atoms with Crippen LogP contribution in [-0.2, 0) is 0 Å². The Balaban J connectivity index is 2.13. The van der Waals surface area contributed by atoms with Gasteiger partial charge >= 0.3 is 0 Å². The molecule has 4 nitrogen and oxygen atoms in total. The molecular formula is C15H14N4S2. The molecule has 1 aliphatic heterocycles. The Labute approximate surface area is 134 Å². The fourth-order valence-electron chi connectivity index (χ4n) is 2.03. The number of anilines is 2. The molecule has 2 N–H and O–H groups in total. The molecule has 1 aliphatic rings. The lowest BCUT2D eigenvalue weighted by atomic mass is 10.3. The number of thiol groups is 2. The highest BCUT2D eigenvalue weighted by molar-refractivity contribution is 7.97. The maximum atomic E-state index is 6.02. The first-order valence-electron chi connectivity index (χ1n) is 6.35. The van der Waals surface area contributed by atoms with E-state index in [9.17, 15) is 0 Å². The van der Waals surface area contributed by atoms with Crippen molar-refractivity contribution in [2.24, 2.45) is 10.8 Å². The summed E-state index contributed by atoms with van der Waals surface area (Å²) in [7, 11) is 0. The molecule has 0 amide bonds. The molecule has 3 rings (SSSR count). The van der Waals surface area contributed by atoms with Crippen LogP contribution >= 0.6 is 25.3 Å². The van der Waals surface area contributed by atoms with E-state index in [1.54, 1.807) is 5.12 Å². The fourth-order valence-corrected chi connectivity index (χ4v) is 2.61. The predicted octanol–water partition coefficient (Wildman–Crippen LogP) is 3.23. The van der Waals surface area contributed by atoms with Crippen LogP contribution in [0.4, 0.5) is 11.4 Å². The second kappa shape index (κ2) is 5.75. The molecule has 0 aliphatic carbocycles. The first-order valence-corrected chi connectivity index (χ1v) is 7.25. The van der Waals surface area contributed by atoms with Crippen molar-refractivity contribution in [3.8, 4) is 0 Å². The second-order valence-electron chi connectivity index (χ2n) is 4.43. The summed E-state index contributed by atoms with van der Waals surface area (Å²) in [6.45, 7) is 0. The van der Waals surface area contributed by atoms with Crippen LogP contribution in [0.3, 0.4) is 0 Å². The summed E-state index contributed by atoms with van der Waals surface area (Å²) in [6, 6.07) is 19.6. The molecule has 0 saturated carbocycles. The van der Waals surface area contributed by atoms with Crippen molar-refractivity contribution >= 4 is 41.7 Å². The molecule has 0 radical (unpaired) electrons. The highest BCUT2D eigenvalue weighted by Crippen LogP contribution is 2.32. The minimum absolute atomic E-state index is 0.441. The minimum Gasteiger partial charge on any atom is -0.394 e. The Bertz CT molecular complexity index is 698. The average Bonchev–Trinajstić information content (AvgIpc) is 2.54. The predicted molar refractivity (Wildman–Crippen MR) is 94.5 cm³/mol. The summed E-state index contributed by atoms with van der Waals surface area (Å²) in [4.78, 5) is 0. The average molecular weight is 314 g/mol. The summed E-state index contributed by atoms with van der Waals surface area (Å²) in [6.07, 6.45) is 0. The Morgan fingerprint density at radius 3 is 1.90 bits per heavy atom. The lowest BCUT2D eigenvalue weighted by molar-refractivity contribution is 0.839. The van der Waals surface area contributed by atoms with Crippen LogP contribution in [0.2, 0.25) is 0 Å². The normalized spacial score (nSPS) is 15.2. The number of hydrogen-bond acceptors (Lipinski definition) is 5. The van der Waals surface area contributed by atoms with Gasteiger partial charge in [0, 0.05) is 0 Å². The number of nitrogens with zero attached hydrogens (tertiary/aromatic N) is 3. The number of benzene rings is 2. The van der Waals surface area contributed by atoms with Gasteiger partial charge < -0.3 is 5.73 Å². The minimum atomic E-state index is 0.441. The molecule has 106 valence electrons. The molecule has 1 heterocycles. The first kappa shape index (κ1) is 13.9. The van der Waals surface area contributed by atoms with Crippen LogP contribution in [0.5, 0.6) is 0 Å². The van der Waals surface area contributed by atoms with E-state index in [1.165, 1.54) is 0 Å². The molecular weight excluding hydrogens is 300 g/mol. The van der Waals surface area contributed by atoms with Crippen molar-refractivity contribution in [1.29, 1.82) is 0 Å². The van der Waals surface area contributed by atoms with E-state index in [4.69, 9.17) is 5.73 Å². The first-order chi connectivity index (χ1) is 10.2. The van der Waals surface area contributed by atoms with Gasteiger partial charge in [0.15, 0.2) is 0 Å². The largest absolute Gasteiger partial charge is 0.394 e. The van der Waals surface area contributed by atoms with Crippen LogP contribution < -0.4 is 15.9 Å². The summed E-state index contributed by atoms with van der Waals surface area (Å²) in [5.41, 5.74) is 8.27. The lowest BCUT2D eigenvalue weighted by Gasteiger charge is -2.37. The highest BCUT2D eigenvalue weighted by Gasteiger charge is 2.26. The van der Waals surface area contributed by atoms with Crippen LogP contribution in [0.25, 0.3) is 0 Å². The summed E-state index contributed by atoms with van der Waals surface area (Å²) >= 11 is 8.87. The molecule has 2 aromatic carbocycles. The van der Waals surface area contributed by atoms with Crippen LogP contribution in [0.15, 0.2) is 76.5 Å². The van der Waals surface area contributed by atoms with Crippen molar-refractivity contribution in [3.63, 3.8) is 0 Å². The number of rotatable bonds is 2. The summed E-state index contributed by atoms with van der Waals surface area (Å²) in [5, 5.41) is 9.05. The smallest absolute Gasteiger partial charge is 0.141 e. The van der Waals surface area contributed by atoms with E-state index in [0.717, 1.165) is 11.4 Å². The Morgan fingerprint density at radius 1 is 0.810 bits per heavy atom. The third-order valence-electron chi connectivity index (χ3n) is 3.05. The Hall–Kier alpha value is -2.05. The van der Waals surface area contributed by atoms with Gasteiger partial charge in [0.2, 0.25) is 0 Å². The maximum Gasteiger partial charge on any atom is 0.141 e. The summed E-state index contributed by atoms with van der Waals surface area (Å²) in [5.74, 6) is 0. The van der Waals surface area contributed by atoms with E-state index in [-0.39, 0.29) is 0 Å². The third kappa shape index (κ3) is 2.59. The van der Waals surface area contributed by atoms with Crippen LogP contribution in [-0.4, -0.2) is 5.04 Å². The van der Waals surface area contributed by atoms with Crippen LogP contribution in [0, 0.1) is 0 Å². The summed E-state index contributed by atoms with van der Waals surface area (Å²) < 4.78 is 0. The number of para-hydroxylation sites is 2. The van der Waals surface area contributed by atoms with Gasteiger partial charge in [-0.3, -0.25) is 0 Å². The standard InChI is InChI=1S/C15H14N4S2/c16-13-14(20)17-19(12-9-5-2-6-10-12)18(15(13)21)11-7-3-1-4-8-11/h1-10,21H,16H2,(H,17,20). The second-order valence-corrected chi connectivity index (χ2v) is 5.28. The van der Waals surface area contributed by atoms with Gasteiger partial charge in [0.05, 0.1) is 17.1 Å². The monoisotopic (exact) mass is 314 g/mol. The fraction of sp³-hybridized carbons (Fsp3) is 0. The molecule has 0 aromatic heterocycles. The van der Waals surface area contributed by atoms with Gasteiger partial charge in [0.25, 0.3) is 0 Å². The van der Waals surface area contributed by atoms with Crippen molar-refractivity contribution < 1.29 is 0 Å². The number of hydrogen-bond donors (Lipinski definition) is 3. The molecule has 0 atom stereocenters. The Morgan fingerprint density at radius 2 is 1.33 bits per heavy atom.